The van der Waals surface area contributed by atoms with E-state index in [1.54, 1.807) is 19.1 Å². The number of nitro groups is 1. The fourth-order valence-corrected chi connectivity index (χ4v) is 1.80. The average Bonchev–Trinajstić information content (AvgIpc) is 2.58. The molecular formula is C11H8N2O2. The maximum Gasteiger partial charge on any atom is 0.272 e. The summed E-state index contributed by atoms with van der Waals surface area (Å²) in [4.78, 5) is 10.3. The summed E-state index contributed by atoms with van der Waals surface area (Å²) in [6, 6.07) is 5.32. The van der Waals surface area contributed by atoms with E-state index in [1.807, 2.05) is 6.07 Å². The molecule has 0 aliphatic heterocycles. The number of allylic oxidation sites excluding steroid dienone is 2. The van der Waals surface area contributed by atoms with Crippen molar-refractivity contribution in [2.75, 3.05) is 0 Å². The van der Waals surface area contributed by atoms with Crippen molar-refractivity contribution in [2.45, 2.75) is 13.3 Å². The maximum absolute atomic E-state index is 10.7. The van der Waals surface area contributed by atoms with Crippen molar-refractivity contribution in [1.29, 1.82) is 5.26 Å². The number of fused-ring (bicyclic) bond motifs is 1. The second-order valence-electron chi connectivity index (χ2n) is 3.49. The molecule has 74 valence electrons. The van der Waals surface area contributed by atoms with E-state index >= 15 is 0 Å². The molecule has 0 heterocycles. The van der Waals surface area contributed by atoms with Crippen molar-refractivity contribution in [2.24, 2.45) is 0 Å². The third-order valence-corrected chi connectivity index (χ3v) is 2.56. The Bertz CT molecular complexity index is 524. The number of rotatable bonds is 1. The highest BCUT2D eigenvalue weighted by Gasteiger charge is 2.20. The molecule has 0 amide bonds. The van der Waals surface area contributed by atoms with Crippen LogP contribution >= 0.6 is 0 Å². The molecular weight excluding hydrogens is 192 g/mol. The second kappa shape index (κ2) is 3.21. The van der Waals surface area contributed by atoms with Crippen molar-refractivity contribution in [3.63, 3.8) is 0 Å². The number of nitriles is 1. The number of nitrogens with zero attached hydrogens (tertiary/aromatic N) is 2. The molecule has 1 aromatic rings. The minimum absolute atomic E-state index is 0.0804. The molecule has 0 unspecified atom stereocenters. The van der Waals surface area contributed by atoms with E-state index < -0.39 is 4.92 Å². The van der Waals surface area contributed by atoms with Gasteiger partial charge in [0.25, 0.3) is 5.69 Å². The zero-order valence-corrected chi connectivity index (χ0v) is 8.15. The van der Waals surface area contributed by atoms with Gasteiger partial charge in [-0.25, -0.2) is 0 Å². The topological polar surface area (TPSA) is 66.9 Å². The van der Waals surface area contributed by atoms with Gasteiger partial charge in [-0.2, -0.15) is 5.26 Å². The van der Waals surface area contributed by atoms with Gasteiger partial charge in [0.15, 0.2) is 0 Å². The Morgan fingerprint density at radius 2 is 2.27 bits per heavy atom. The number of benzene rings is 1. The molecule has 0 radical (unpaired) electrons. The second-order valence-corrected chi connectivity index (χ2v) is 3.49. The van der Waals surface area contributed by atoms with E-state index in [0.717, 1.165) is 5.56 Å². The fourth-order valence-electron chi connectivity index (χ4n) is 1.80. The Balaban J connectivity index is 2.63. The van der Waals surface area contributed by atoms with Crippen molar-refractivity contribution < 1.29 is 4.92 Å². The molecule has 1 aliphatic rings. The van der Waals surface area contributed by atoms with Crippen LogP contribution in [0.5, 0.6) is 0 Å². The molecule has 1 aliphatic carbocycles. The zero-order chi connectivity index (χ0) is 11.0. The lowest BCUT2D eigenvalue weighted by Crippen LogP contribution is -1.95. The van der Waals surface area contributed by atoms with Gasteiger partial charge in [0, 0.05) is 17.2 Å². The van der Waals surface area contributed by atoms with Crippen LogP contribution in [0.2, 0.25) is 0 Å². The fraction of sp³-hybridized carbons (Fsp3) is 0.182. The van der Waals surface area contributed by atoms with E-state index in [-0.39, 0.29) is 5.69 Å². The van der Waals surface area contributed by atoms with Gasteiger partial charge in [-0.3, -0.25) is 10.1 Å². The van der Waals surface area contributed by atoms with Crippen LogP contribution in [0.15, 0.2) is 18.2 Å². The Kier molecular flexibility index (Phi) is 2.01. The lowest BCUT2D eigenvalue weighted by atomic mass is 10.0. The van der Waals surface area contributed by atoms with Gasteiger partial charge in [0.1, 0.15) is 0 Å². The number of nitro benzene ring substituents is 1. The SMILES string of the molecule is Cc1cc2c(cc1[N+](=O)[O-])C(C#N)=CC2. The third-order valence-electron chi connectivity index (χ3n) is 2.56. The summed E-state index contributed by atoms with van der Waals surface area (Å²) in [5, 5.41) is 19.5. The van der Waals surface area contributed by atoms with Crippen molar-refractivity contribution >= 4 is 11.3 Å². The summed E-state index contributed by atoms with van der Waals surface area (Å²) in [5.74, 6) is 0. The molecule has 1 aromatic carbocycles. The monoisotopic (exact) mass is 200 g/mol. The highest BCUT2D eigenvalue weighted by molar-refractivity contribution is 5.83. The summed E-state index contributed by atoms with van der Waals surface area (Å²) in [5.41, 5.74) is 2.96. The molecule has 0 N–H and O–H groups in total. The van der Waals surface area contributed by atoms with E-state index in [9.17, 15) is 10.1 Å². The number of hydrogen-bond donors (Lipinski definition) is 0. The molecule has 0 saturated carbocycles. The predicted octanol–water partition coefficient (Wildman–Crippen LogP) is 2.37. The Labute approximate surface area is 86.6 Å². The van der Waals surface area contributed by atoms with Gasteiger partial charge in [0.2, 0.25) is 0 Å². The zero-order valence-electron chi connectivity index (χ0n) is 8.15. The van der Waals surface area contributed by atoms with Crippen molar-refractivity contribution in [1.82, 2.24) is 0 Å². The molecule has 2 rings (SSSR count). The summed E-state index contributed by atoms with van der Waals surface area (Å²) in [6.07, 6.45) is 2.49. The predicted molar refractivity (Wildman–Crippen MR) is 55.1 cm³/mol. The first-order valence-corrected chi connectivity index (χ1v) is 4.52. The van der Waals surface area contributed by atoms with E-state index in [0.29, 0.717) is 23.1 Å². The van der Waals surface area contributed by atoms with Crippen LogP contribution in [0, 0.1) is 28.4 Å². The highest BCUT2D eigenvalue weighted by Crippen LogP contribution is 2.32. The molecule has 0 bridgehead atoms. The molecule has 0 atom stereocenters. The van der Waals surface area contributed by atoms with Crippen LogP contribution in [-0.4, -0.2) is 4.92 Å². The largest absolute Gasteiger partial charge is 0.272 e. The smallest absolute Gasteiger partial charge is 0.258 e. The first-order chi connectivity index (χ1) is 7.13. The molecule has 0 aromatic heterocycles. The van der Waals surface area contributed by atoms with Crippen molar-refractivity contribution in [3.8, 4) is 6.07 Å². The molecule has 0 saturated heterocycles. The van der Waals surface area contributed by atoms with Gasteiger partial charge in [-0.05, 0) is 25.0 Å². The van der Waals surface area contributed by atoms with Crippen LogP contribution in [0.25, 0.3) is 5.57 Å². The van der Waals surface area contributed by atoms with Gasteiger partial charge < -0.3 is 0 Å². The summed E-state index contributed by atoms with van der Waals surface area (Å²) in [7, 11) is 0. The number of aryl methyl sites for hydroxylation is 1. The van der Waals surface area contributed by atoms with Crippen LogP contribution in [0.1, 0.15) is 16.7 Å². The minimum atomic E-state index is -0.414. The Hall–Kier alpha value is -2.15. The molecule has 0 spiro atoms. The quantitative estimate of drug-likeness (QED) is 0.516. The average molecular weight is 200 g/mol. The van der Waals surface area contributed by atoms with Crippen LogP contribution < -0.4 is 0 Å². The maximum atomic E-state index is 10.7. The summed E-state index contributed by atoms with van der Waals surface area (Å²) in [6.45, 7) is 1.71. The highest BCUT2D eigenvalue weighted by atomic mass is 16.6. The van der Waals surface area contributed by atoms with Crippen LogP contribution in [0.3, 0.4) is 0 Å². The Morgan fingerprint density at radius 1 is 1.53 bits per heavy atom. The third kappa shape index (κ3) is 1.38. The standard InChI is InChI=1S/C11H8N2O2/c1-7-4-8-2-3-9(6-12)10(8)5-11(7)13(14)15/h3-5H,2H2,1H3. The van der Waals surface area contributed by atoms with Gasteiger partial charge >= 0.3 is 0 Å². The Morgan fingerprint density at radius 3 is 2.87 bits per heavy atom. The van der Waals surface area contributed by atoms with Crippen molar-refractivity contribution in [3.05, 3.63) is 45.0 Å². The number of hydrogen-bond acceptors (Lipinski definition) is 3. The lowest BCUT2D eigenvalue weighted by Gasteiger charge is -2.02. The minimum Gasteiger partial charge on any atom is -0.258 e. The normalized spacial score (nSPS) is 12.9. The summed E-state index contributed by atoms with van der Waals surface area (Å²) < 4.78 is 0. The lowest BCUT2D eigenvalue weighted by molar-refractivity contribution is -0.385. The van der Waals surface area contributed by atoms with Gasteiger partial charge in [0.05, 0.1) is 16.6 Å². The molecule has 4 nitrogen and oxygen atoms in total. The van der Waals surface area contributed by atoms with Crippen LogP contribution in [-0.2, 0) is 6.42 Å². The van der Waals surface area contributed by atoms with E-state index in [4.69, 9.17) is 5.26 Å². The molecule has 0 fully saturated rings. The summed E-state index contributed by atoms with van der Waals surface area (Å²) >= 11 is 0. The molecule has 15 heavy (non-hydrogen) atoms. The van der Waals surface area contributed by atoms with Gasteiger partial charge in [-0.15, -0.1) is 0 Å². The first-order valence-electron chi connectivity index (χ1n) is 4.52. The first kappa shape index (κ1) is 9.41. The van der Waals surface area contributed by atoms with Gasteiger partial charge in [-0.1, -0.05) is 6.08 Å². The molecule has 4 heteroatoms. The van der Waals surface area contributed by atoms with E-state index in [1.165, 1.54) is 6.07 Å². The van der Waals surface area contributed by atoms with E-state index in [2.05, 4.69) is 0 Å². The van der Waals surface area contributed by atoms with Crippen LogP contribution in [0.4, 0.5) is 5.69 Å².